The number of hydrogen-bond donors (Lipinski definition) is 1. The quantitative estimate of drug-likeness (QED) is 0.657. The molecule has 7 nitrogen and oxygen atoms in total. The van der Waals surface area contributed by atoms with E-state index in [2.05, 4.69) is 15.4 Å². The van der Waals surface area contributed by atoms with Crippen LogP contribution in [0.5, 0.6) is 10.9 Å². The summed E-state index contributed by atoms with van der Waals surface area (Å²) < 4.78 is 6.92. The minimum Gasteiger partial charge on any atom is -0.431 e. The van der Waals surface area contributed by atoms with Crippen molar-refractivity contribution in [3.05, 3.63) is 70.1 Å². The molecule has 128 valence electrons. The van der Waals surface area contributed by atoms with Crippen molar-refractivity contribution in [1.29, 1.82) is 0 Å². The van der Waals surface area contributed by atoms with Gasteiger partial charge in [-0.2, -0.15) is 5.10 Å². The zero-order valence-electron chi connectivity index (χ0n) is 13.3. The van der Waals surface area contributed by atoms with E-state index in [4.69, 9.17) is 4.74 Å². The Balaban J connectivity index is 1.46. The molecule has 0 spiro atoms. The van der Waals surface area contributed by atoms with E-state index in [-0.39, 0.29) is 11.5 Å². The van der Waals surface area contributed by atoms with Crippen molar-refractivity contribution in [2.24, 2.45) is 0 Å². The van der Waals surface area contributed by atoms with Gasteiger partial charge in [-0.25, -0.2) is 9.67 Å². The Morgan fingerprint density at radius 2 is 2.04 bits per heavy atom. The third-order valence-electron chi connectivity index (χ3n) is 3.35. The summed E-state index contributed by atoms with van der Waals surface area (Å²) in [7, 11) is 0. The van der Waals surface area contributed by atoms with E-state index >= 15 is 0 Å². The number of nitrogens with zero attached hydrogens (tertiary/aromatic N) is 3. The van der Waals surface area contributed by atoms with E-state index in [1.54, 1.807) is 42.7 Å². The molecule has 1 aromatic carbocycles. The summed E-state index contributed by atoms with van der Waals surface area (Å²) in [5, 5.41) is 9.17. The second-order valence-corrected chi connectivity index (χ2v) is 5.98. The number of aryl methyl sites for hydroxylation is 1. The Kier molecular flexibility index (Phi) is 5.53. The zero-order chi connectivity index (χ0) is 17.5. The molecule has 0 aliphatic carbocycles. The molecule has 2 heterocycles. The van der Waals surface area contributed by atoms with E-state index < -0.39 is 0 Å². The molecule has 3 rings (SSSR count). The topological polar surface area (TPSA) is 86.1 Å². The van der Waals surface area contributed by atoms with Gasteiger partial charge < -0.3 is 10.1 Å². The molecular formula is C17H16N4O3S. The lowest BCUT2D eigenvalue weighted by Crippen LogP contribution is -2.27. The van der Waals surface area contributed by atoms with Crippen LogP contribution in [0.25, 0.3) is 0 Å². The Bertz CT molecular complexity index is 875. The number of carbonyl (C=O) groups excluding carboxylic acids is 1. The van der Waals surface area contributed by atoms with Crippen molar-refractivity contribution in [3.8, 4) is 10.9 Å². The maximum atomic E-state index is 12.1. The van der Waals surface area contributed by atoms with Gasteiger partial charge in [0.1, 0.15) is 5.75 Å². The van der Waals surface area contributed by atoms with Crippen molar-refractivity contribution in [3.63, 3.8) is 0 Å². The molecule has 0 aliphatic rings. The van der Waals surface area contributed by atoms with Gasteiger partial charge in [-0.3, -0.25) is 9.59 Å². The number of ether oxygens (including phenoxy) is 1. The number of hydrogen-bond acceptors (Lipinski definition) is 6. The first-order valence-corrected chi connectivity index (χ1v) is 8.58. The molecule has 0 unspecified atom stereocenters. The number of rotatable bonds is 7. The van der Waals surface area contributed by atoms with Crippen LogP contribution in [-0.4, -0.2) is 27.2 Å². The number of carbonyl (C=O) groups is 1. The van der Waals surface area contributed by atoms with E-state index in [9.17, 15) is 9.59 Å². The molecule has 0 atom stereocenters. The highest BCUT2D eigenvalue weighted by Gasteiger charge is 2.06. The lowest BCUT2D eigenvalue weighted by Gasteiger charge is -2.07. The van der Waals surface area contributed by atoms with Crippen LogP contribution in [0.4, 0.5) is 0 Å². The fraction of sp³-hybridized carbons (Fsp3) is 0.176. The predicted octanol–water partition coefficient (Wildman–Crippen LogP) is 2.31. The normalized spacial score (nSPS) is 10.4. The first-order valence-electron chi connectivity index (χ1n) is 7.70. The van der Waals surface area contributed by atoms with Crippen LogP contribution in [0.2, 0.25) is 0 Å². The predicted molar refractivity (Wildman–Crippen MR) is 94.1 cm³/mol. The molecule has 0 aliphatic heterocycles. The van der Waals surface area contributed by atoms with Crippen LogP contribution >= 0.6 is 11.3 Å². The Hall–Kier alpha value is -3.00. The van der Waals surface area contributed by atoms with Gasteiger partial charge in [0.2, 0.25) is 0 Å². The first kappa shape index (κ1) is 16.8. The lowest BCUT2D eigenvalue weighted by atomic mass is 10.2. The summed E-state index contributed by atoms with van der Waals surface area (Å²) >= 11 is 1.40. The molecule has 0 radical (unpaired) electrons. The SMILES string of the molecule is O=C(NCCCn1ncccc1=O)c1ccc(Oc2nccs2)cc1. The summed E-state index contributed by atoms with van der Waals surface area (Å²) in [5.74, 6) is 0.454. The number of nitrogens with one attached hydrogen (secondary N) is 1. The molecular weight excluding hydrogens is 340 g/mol. The van der Waals surface area contributed by atoms with Gasteiger partial charge >= 0.3 is 0 Å². The van der Waals surface area contributed by atoms with Crippen LogP contribution < -0.4 is 15.6 Å². The van der Waals surface area contributed by atoms with Crippen LogP contribution in [0.15, 0.2) is 59.0 Å². The van der Waals surface area contributed by atoms with Crippen LogP contribution in [0.1, 0.15) is 16.8 Å². The lowest BCUT2D eigenvalue weighted by molar-refractivity contribution is 0.0952. The molecule has 3 aromatic rings. The smallest absolute Gasteiger partial charge is 0.278 e. The Morgan fingerprint density at radius 3 is 2.76 bits per heavy atom. The summed E-state index contributed by atoms with van der Waals surface area (Å²) in [4.78, 5) is 27.7. The van der Waals surface area contributed by atoms with E-state index in [1.807, 2.05) is 5.38 Å². The van der Waals surface area contributed by atoms with Gasteiger partial charge in [0.05, 0.1) is 0 Å². The van der Waals surface area contributed by atoms with Gasteiger partial charge in [0.15, 0.2) is 0 Å². The molecule has 25 heavy (non-hydrogen) atoms. The van der Waals surface area contributed by atoms with Gasteiger partial charge in [-0.05, 0) is 36.8 Å². The van der Waals surface area contributed by atoms with Crippen LogP contribution in [0, 0.1) is 0 Å². The van der Waals surface area contributed by atoms with Gasteiger partial charge in [-0.1, -0.05) is 11.3 Å². The van der Waals surface area contributed by atoms with E-state index in [1.165, 1.54) is 22.1 Å². The van der Waals surface area contributed by atoms with Gasteiger partial charge in [0, 0.05) is 42.5 Å². The fourth-order valence-electron chi connectivity index (χ4n) is 2.12. The van der Waals surface area contributed by atoms with Crippen molar-refractivity contribution in [1.82, 2.24) is 20.1 Å². The fourth-order valence-corrected chi connectivity index (χ4v) is 2.63. The second-order valence-electron chi connectivity index (χ2n) is 5.12. The Labute approximate surface area is 147 Å². The minimum atomic E-state index is -0.172. The maximum Gasteiger partial charge on any atom is 0.278 e. The number of amides is 1. The van der Waals surface area contributed by atoms with Crippen molar-refractivity contribution in [2.45, 2.75) is 13.0 Å². The monoisotopic (exact) mass is 356 g/mol. The van der Waals surface area contributed by atoms with Crippen LogP contribution in [0.3, 0.4) is 0 Å². The summed E-state index contributed by atoms with van der Waals surface area (Å²) in [6.07, 6.45) is 3.85. The van der Waals surface area contributed by atoms with Crippen molar-refractivity contribution >= 4 is 17.2 Å². The molecule has 1 N–H and O–H groups in total. The number of thiazole rings is 1. The number of aromatic nitrogens is 3. The largest absolute Gasteiger partial charge is 0.431 e. The zero-order valence-corrected chi connectivity index (χ0v) is 14.1. The standard InChI is InChI=1S/C17H16N4O3S/c22-15-3-1-9-20-21(15)11-2-8-18-16(23)13-4-6-14(7-5-13)24-17-19-10-12-25-17/h1,3-7,9-10,12H,2,8,11H2,(H,18,23). The third-order valence-corrected chi connectivity index (χ3v) is 4.00. The maximum absolute atomic E-state index is 12.1. The van der Waals surface area contributed by atoms with E-state index in [0.29, 0.717) is 36.0 Å². The van der Waals surface area contributed by atoms with Crippen molar-refractivity contribution in [2.75, 3.05) is 6.54 Å². The highest BCUT2D eigenvalue weighted by Crippen LogP contribution is 2.23. The van der Waals surface area contributed by atoms with E-state index in [0.717, 1.165) is 0 Å². The highest BCUT2D eigenvalue weighted by atomic mass is 32.1. The minimum absolute atomic E-state index is 0.148. The van der Waals surface area contributed by atoms with Crippen LogP contribution in [-0.2, 0) is 6.54 Å². The summed E-state index contributed by atoms with van der Waals surface area (Å²) in [5.41, 5.74) is 0.395. The molecule has 1 amide bonds. The van der Waals surface area contributed by atoms with Gasteiger partial charge in [-0.15, -0.1) is 0 Å². The average molecular weight is 356 g/mol. The van der Waals surface area contributed by atoms with Crippen molar-refractivity contribution < 1.29 is 9.53 Å². The third kappa shape index (κ3) is 4.74. The Morgan fingerprint density at radius 1 is 1.20 bits per heavy atom. The molecule has 0 bridgehead atoms. The second kappa shape index (κ2) is 8.20. The summed E-state index contributed by atoms with van der Waals surface area (Å²) in [6.45, 7) is 0.916. The molecule has 2 aromatic heterocycles. The molecule has 0 fully saturated rings. The highest BCUT2D eigenvalue weighted by molar-refractivity contribution is 7.11. The molecule has 8 heteroatoms. The van der Waals surface area contributed by atoms with Gasteiger partial charge in [0.25, 0.3) is 16.7 Å². The number of benzene rings is 1. The first-order chi connectivity index (χ1) is 12.2. The molecule has 0 saturated carbocycles. The molecule has 0 saturated heterocycles. The summed E-state index contributed by atoms with van der Waals surface area (Å²) in [6, 6.07) is 9.90. The average Bonchev–Trinajstić information content (AvgIpc) is 3.13.